The molecule has 0 saturated carbocycles. The Balaban J connectivity index is 4.02. The second-order valence-electron chi connectivity index (χ2n) is 2.21. The van der Waals surface area contributed by atoms with Crippen molar-refractivity contribution in [3.8, 4) is 0 Å². The van der Waals surface area contributed by atoms with Crippen LogP contribution in [0, 0.1) is 5.92 Å². The van der Waals surface area contributed by atoms with Gasteiger partial charge in [-0.05, 0) is 0 Å². The predicted octanol–water partition coefficient (Wildman–Crippen LogP) is -0.143. The number of carboxylic acids is 2. The molecule has 0 heterocycles. The van der Waals surface area contributed by atoms with Gasteiger partial charge in [0.25, 0.3) is 0 Å². The predicted molar refractivity (Wildman–Crippen MR) is 37.4 cm³/mol. The van der Waals surface area contributed by atoms with Crippen molar-refractivity contribution in [3.05, 3.63) is 0 Å². The lowest BCUT2D eigenvalue weighted by atomic mass is 10.1. The maximum absolute atomic E-state index is 10.3. The molecule has 0 radical (unpaired) electrons. The van der Waals surface area contributed by atoms with Crippen LogP contribution in [-0.4, -0.2) is 40.0 Å². The molecule has 0 amide bonds. The summed E-state index contributed by atoms with van der Waals surface area (Å²) in [4.78, 5) is 30.3. The van der Waals surface area contributed by atoms with E-state index in [1.54, 1.807) is 0 Å². The van der Waals surface area contributed by atoms with Gasteiger partial charge >= 0.3 is 18.1 Å². The standard InChI is InChI=1S/C6H8O7/c7-4(8)1-3(5(9)10)2-13-6(11)12/h3H,1-2H2,(H,7,8)(H,9,10)(H,11,12). The Morgan fingerprint density at radius 1 is 1.15 bits per heavy atom. The monoisotopic (exact) mass is 192 g/mol. The molecule has 7 heteroatoms. The summed E-state index contributed by atoms with van der Waals surface area (Å²) in [6.45, 7) is -0.656. The Labute approximate surface area is 72.5 Å². The molecule has 0 rings (SSSR count). The van der Waals surface area contributed by atoms with E-state index in [-0.39, 0.29) is 0 Å². The minimum absolute atomic E-state index is 0.656. The first-order chi connectivity index (χ1) is 5.93. The average Bonchev–Trinajstić information content (AvgIpc) is 1.96. The van der Waals surface area contributed by atoms with Crippen LogP contribution in [0.15, 0.2) is 0 Å². The van der Waals surface area contributed by atoms with Crippen LogP contribution < -0.4 is 0 Å². The van der Waals surface area contributed by atoms with E-state index >= 15 is 0 Å². The zero-order chi connectivity index (χ0) is 10.4. The van der Waals surface area contributed by atoms with Gasteiger partial charge in [0, 0.05) is 0 Å². The topological polar surface area (TPSA) is 121 Å². The Bertz CT molecular complexity index is 221. The second-order valence-corrected chi connectivity index (χ2v) is 2.21. The third kappa shape index (κ3) is 5.48. The molecule has 0 aliphatic carbocycles. The van der Waals surface area contributed by atoms with E-state index in [1.807, 2.05) is 0 Å². The molecule has 0 aliphatic rings. The third-order valence-electron chi connectivity index (χ3n) is 1.18. The summed E-state index contributed by atoms with van der Waals surface area (Å²) in [5.41, 5.74) is 0. The number of hydrogen-bond donors (Lipinski definition) is 3. The maximum Gasteiger partial charge on any atom is 0.505 e. The minimum Gasteiger partial charge on any atom is -0.481 e. The molecule has 74 valence electrons. The van der Waals surface area contributed by atoms with Crippen LogP contribution in [0.1, 0.15) is 6.42 Å². The van der Waals surface area contributed by atoms with Crippen molar-refractivity contribution in [2.45, 2.75) is 6.42 Å². The molecule has 1 atom stereocenters. The lowest BCUT2D eigenvalue weighted by Gasteiger charge is -2.07. The van der Waals surface area contributed by atoms with Gasteiger partial charge in [-0.15, -0.1) is 0 Å². The fourth-order valence-electron chi connectivity index (χ4n) is 0.600. The lowest BCUT2D eigenvalue weighted by Crippen LogP contribution is -2.24. The largest absolute Gasteiger partial charge is 0.505 e. The molecule has 0 saturated heterocycles. The molecule has 1 unspecified atom stereocenters. The van der Waals surface area contributed by atoms with Crippen LogP contribution in [0.4, 0.5) is 4.79 Å². The van der Waals surface area contributed by atoms with Gasteiger partial charge in [-0.2, -0.15) is 0 Å². The fraction of sp³-hybridized carbons (Fsp3) is 0.500. The summed E-state index contributed by atoms with van der Waals surface area (Å²) < 4.78 is 3.94. The highest BCUT2D eigenvalue weighted by Crippen LogP contribution is 2.04. The van der Waals surface area contributed by atoms with Crippen molar-refractivity contribution in [2.75, 3.05) is 6.61 Å². The first kappa shape index (κ1) is 11.2. The molecule has 0 aromatic heterocycles. The summed E-state index contributed by atoms with van der Waals surface area (Å²) in [5, 5.41) is 24.6. The molecule has 0 aromatic rings. The smallest absolute Gasteiger partial charge is 0.481 e. The summed E-state index contributed by atoms with van der Waals surface area (Å²) in [6.07, 6.45) is -2.29. The van der Waals surface area contributed by atoms with E-state index in [2.05, 4.69) is 4.74 Å². The minimum atomic E-state index is -1.63. The third-order valence-corrected chi connectivity index (χ3v) is 1.18. The van der Waals surface area contributed by atoms with Crippen molar-refractivity contribution in [1.29, 1.82) is 0 Å². The number of carboxylic acid groups (broad SMARTS) is 3. The van der Waals surface area contributed by atoms with Gasteiger partial charge in [0.05, 0.1) is 6.42 Å². The van der Waals surface area contributed by atoms with E-state index in [9.17, 15) is 14.4 Å². The average molecular weight is 192 g/mol. The zero-order valence-electron chi connectivity index (χ0n) is 6.47. The second kappa shape index (κ2) is 4.96. The van der Waals surface area contributed by atoms with Gasteiger partial charge in [-0.25, -0.2) is 4.79 Å². The van der Waals surface area contributed by atoms with Crippen molar-refractivity contribution in [2.24, 2.45) is 5.92 Å². The SMILES string of the molecule is O=C(O)CC(COC(=O)O)C(=O)O. The fourth-order valence-corrected chi connectivity index (χ4v) is 0.600. The summed E-state index contributed by atoms with van der Waals surface area (Å²) in [7, 11) is 0. The number of hydrogen-bond acceptors (Lipinski definition) is 4. The van der Waals surface area contributed by atoms with Crippen LogP contribution in [0.2, 0.25) is 0 Å². The summed E-state index contributed by atoms with van der Waals surface area (Å²) in [5.74, 6) is -4.06. The van der Waals surface area contributed by atoms with E-state index < -0.39 is 37.0 Å². The van der Waals surface area contributed by atoms with E-state index in [4.69, 9.17) is 15.3 Å². The van der Waals surface area contributed by atoms with Gasteiger partial charge in [0.1, 0.15) is 12.5 Å². The Kier molecular flexibility index (Phi) is 4.28. The van der Waals surface area contributed by atoms with Crippen LogP contribution >= 0.6 is 0 Å². The summed E-state index contributed by atoms with van der Waals surface area (Å²) >= 11 is 0. The highest BCUT2D eigenvalue weighted by Gasteiger charge is 2.22. The number of ether oxygens (including phenoxy) is 1. The van der Waals surface area contributed by atoms with Crippen molar-refractivity contribution in [1.82, 2.24) is 0 Å². The Morgan fingerprint density at radius 2 is 1.69 bits per heavy atom. The molecule has 0 bridgehead atoms. The van der Waals surface area contributed by atoms with Gasteiger partial charge < -0.3 is 20.1 Å². The molecule has 0 aromatic carbocycles. The van der Waals surface area contributed by atoms with E-state index in [0.29, 0.717) is 0 Å². The first-order valence-electron chi connectivity index (χ1n) is 3.23. The Morgan fingerprint density at radius 3 is 2.00 bits per heavy atom. The molecule has 0 spiro atoms. The molecule has 0 fully saturated rings. The molecule has 7 nitrogen and oxygen atoms in total. The van der Waals surface area contributed by atoms with Crippen LogP contribution in [0.25, 0.3) is 0 Å². The maximum atomic E-state index is 10.3. The van der Waals surface area contributed by atoms with Gasteiger partial charge in [0.15, 0.2) is 0 Å². The van der Waals surface area contributed by atoms with Crippen LogP contribution in [0.3, 0.4) is 0 Å². The Hall–Kier alpha value is -1.79. The van der Waals surface area contributed by atoms with Crippen molar-refractivity contribution < 1.29 is 34.4 Å². The molecule has 0 aliphatic heterocycles. The zero-order valence-corrected chi connectivity index (χ0v) is 6.47. The number of rotatable bonds is 5. The first-order valence-corrected chi connectivity index (χ1v) is 3.23. The van der Waals surface area contributed by atoms with Gasteiger partial charge in [-0.1, -0.05) is 0 Å². The van der Waals surface area contributed by atoms with Crippen molar-refractivity contribution >= 4 is 18.1 Å². The van der Waals surface area contributed by atoms with E-state index in [0.717, 1.165) is 0 Å². The number of aliphatic carboxylic acids is 2. The molecular formula is C6H8O7. The molecular weight excluding hydrogens is 184 g/mol. The summed E-state index contributed by atoms with van der Waals surface area (Å²) in [6, 6.07) is 0. The normalized spacial score (nSPS) is 11.7. The van der Waals surface area contributed by atoms with Gasteiger partial charge in [-0.3, -0.25) is 9.59 Å². The quantitative estimate of drug-likeness (QED) is 0.518. The molecule has 3 N–H and O–H groups in total. The van der Waals surface area contributed by atoms with Crippen LogP contribution in [0.5, 0.6) is 0 Å². The highest BCUT2D eigenvalue weighted by molar-refractivity contribution is 5.78. The van der Waals surface area contributed by atoms with Crippen molar-refractivity contribution in [3.63, 3.8) is 0 Å². The highest BCUT2D eigenvalue weighted by atomic mass is 16.7. The van der Waals surface area contributed by atoms with E-state index in [1.165, 1.54) is 0 Å². The number of carbonyl (C=O) groups is 3. The molecule has 13 heavy (non-hydrogen) atoms. The van der Waals surface area contributed by atoms with Crippen LogP contribution in [-0.2, 0) is 14.3 Å². The lowest BCUT2D eigenvalue weighted by molar-refractivity contribution is -0.149. The van der Waals surface area contributed by atoms with Gasteiger partial charge in [0.2, 0.25) is 0 Å².